The Morgan fingerprint density at radius 2 is 1.45 bits per heavy atom. The van der Waals surface area contributed by atoms with E-state index in [9.17, 15) is 0 Å². The van der Waals surface area contributed by atoms with E-state index in [-0.39, 0.29) is 0 Å². The lowest BCUT2D eigenvalue weighted by Crippen LogP contribution is -2.55. The topological polar surface area (TPSA) is 12.9 Å². The van der Waals surface area contributed by atoms with Crippen LogP contribution in [0, 0.1) is 23.7 Å². The molecule has 110 valence electrons. The van der Waals surface area contributed by atoms with E-state index < -0.39 is 0 Å². The molecule has 0 radical (unpaired) electrons. The van der Waals surface area contributed by atoms with Crippen molar-refractivity contribution in [3.8, 4) is 11.1 Å². The second-order valence-corrected chi connectivity index (χ2v) is 8.14. The third-order valence-corrected chi connectivity index (χ3v) is 7.36. The van der Waals surface area contributed by atoms with Crippen LogP contribution in [-0.2, 0) is 5.41 Å². The van der Waals surface area contributed by atoms with Crippen molar-refractivity contribution in [1.29, 1.82) is 0 Å². The average molecular weight is 287 g/mol. The van der Waals surface area contributed by atoms with Gasteiger partial charge in [-0.2, -0.15) is 0 Å². The van der Waals surface area contributed by atoms with Crippen LogP contribution in [0.4, 0.5) is 0 Å². The molecule has 0 amide bonds. The van der Waals surface area contributed by atoms with Gasteiger partial charge in [0.2, 0.25) is 0 Å². The Bertz CT molecular complexity index is 699. The number of aromatic nitrogens is 1. The minimum absolute atomic E-state index is 0.299. The van der Waals surface area contributed by atoms with Crippen molar-refractivity contribution in [2.24, 2.45) is 23.7 Å². The van der Waals surface area contributed by atoms with Crippen LogP contribution in [0.2, 0.25) is 0 Å². The summed E-state index contributed by atoms with van der Waals surface area (Å²) in [4.78, 5) is 4.55. The zero-order chi connectivity index (χ0) is 14.3. The lowest BCUT2D eigenvalue weighted by molar-refractivity contribution is -0.0400. The van der Waals surface area contributed by atoms with Gasteiger partial charge in [0.15, 0.2) is 0 Å². The average Bonchev–Trinajstić information content (AvgIpc) is 2.84. The van der Waals surface area contributed by atoms with Crippen molar-refractivity contribution >= 4 is 0 Å². The van der Waals surface area contributed by atoms with Crippen LogP contribution in [0.1, 0.15) is 43.2 Å². The minimum atomic E-state index is 0.299. The highest BCUT2D eigenvalue weighted by atomic mass is 14.7. The first-order chi connectivity index (χ1) is 10.9. The Morgan fingerprint density at radius 1 is 0.773 bits per heavy atom. The highest BCUT2D eigenvalue weighted by Gasteiger charge is 2.61. The molecule has 1 nitrogen and oxygen atoms in total. The molecule has 4 fully saturated rings. The molecule has 0 aliphatic heterocycles. The third-order valence-electron chi connectivity index (χ3n) is 7.36. The van der Waals surface area contributed by atoms with Crippen molar-refractivity contribution < 1.29 is 0 Å². The van der Waals surface area contributed by atoms with Gasteiger partial charge in [-0.15, -0.1) is 0 Å². The number of pyridine rings is 1. The molecule has 0 N–H and O–H groups in total. The van der Waals surface area contributed by atoms with Crippen molar-refractivity contribution in [3.05, 3.63) is 53.9 Å². The monoisotopic (exact) mass is 287 g/mol. The first-order valence-corrected chi connectivity index (χ1v) is 8.91. The van der Waals surface area contributed by atoms with E-state index in [0.29, 0.717) is 5.41 Å². The van der Waals surface area contributed by atoms with Gasteiger partial charge in [0, 0.05) is 17.8 Å². The van der Waals surface area contributed by atoms with Gasteiger partial charge in [-0.3, -0.25) is 4.98 Å². The number of benzene rings is 1. The van der Waals surface area contributed by atoms with Crippen molar-refractivity contribution in [2.75, 3.05) is 0 Å². The van der Waals surface area contributed by atoms with Crippen molar-refractivity contribution in [3.63, 3.8) is 0 Å². The summed E-state index contributed by atoms with van der Waals surface area (Å²) in [6.45, 7) is 0. The summed E-state index contributed by atoms with van der Waals surface area (Å²) in [5.74, 6) is 3.74. The molecule has 2 aromatic rings. The molecule has 0 unspecified atom stereocenters. The summed E-state index contributed by atoms with van der Waals surface area (Å²) in [5.41, 5.74) is 6.45. The van der Waals surface area contributed by atoms with Gasteiger partial charge in [-0.05, 0) is 84.1 Å². The summed E-state index contributed by atoms with van der Waals surface area (Å²) in [6.07, 6.45) is 11.5. The number of nitrogens with zero attached hydrogens (tertiary/aromatic N) is 1. The molecule has 5 aliphatic carbocycles. The Labute approximate surface area is 131 Å². The molecule has 1 heteroatoms. The molecule has 22 heavy (non-hydrogen) atoms. The van der Waals surface area contributed by atoms with Crippen LogP contribution in [0.15, 0.2) is 42.7 Å². The fraction of sp³-hybridized carbons (Fsp3) is 0.476. The van der Waals surface area contributed by atoms with E-state index in [0.717, 1.165) is 23.7 Å². The quantitative estimate of drug-likeness (QED) is 0.678. The standard InChI is InChI=1S/C21H21N/c1-2-4-19-17(3-1)18-5-6-22-12-20(18)21(19)15-8-13-7-14(10-15)11-16(21)9-13/h1-6,12-16H,7-11H2. The maximum Gasteiger partial charge on any atom is 0.0315 e. The zero-order valence-electron chi connectivity index (χ0n) is 12.8. The largest absolute Gasteiger partial charge is 0.264 e. The van der Waals surface area contributed by atoms with E-state index in [1.54, 1.807) is 11.1 Å². The fourth-order valence-corrected chi connectivity index (χ4v) is 6.99. The molecule has 5 aliphatic rings. The van der Waals surface area contributed by atoms with Crippen LogP contribution in [0.5, 0.6) is 0 Å². The molecule has 1 spiro atoms. The Balaban J connectivity index is 1.69. The van der Waals surface area contributed by atoms with Crippen molar-refractivity contribution in [1.82, 2.24) is 4.98 Å². The molecule has 1 aromatic heterocycles. The van der Waals surface area contributed by atoms with Gasteiger partial charge in [0.1, 0.15) is 0 Å². The Kier molecular flexibility index (Phi) is 2.06. The molecule has 4 saturated carbocycles. The molecule has 7 rings (SSSR count). The van der Waals surface area contributed by atoms with Crippen LogP contribution in [-0.4, -0.2) is 4.98 Å². The molecule has 0 saturated heterocycles. The van der Waals surface area contributed by atoms with Gasteiger partial charge in [0.25, 0.3) is 0 Å². The summed E-state index contributed by atoms with van der Waals surface area (Å²) in [5, 5.41) is 0. The van der Waals surface area contributed by atoms with Crippen LogP contribution < -0.4 is 0 Å². The second-order valence-electron chi connectivity index (χ2n) is 8.14. The maximum absolute atomic E-state index is 4.55. The molecular weight excluding hydrogens is 266 g/mol. The second kappa shape index (κ2) is 3.82. The van der Waals surface area contributed by atoms with Crippen molar-refractivity contribution in [2.45, 2.75) is 37.5 Å². The van der Waals surface area contributed by atoms with Gasteiger partial charge in [0.05, 0.1) is 0 Å². The van der Waals surface area contributed by atoms with E-state index in [2.05, 4.69) is 41.5 Å². The molecule has 1 aromatic carbocycles. The van der Waals surface area contributed by atoms with E-state index >= 15 is 0 Å². The van der Waals surface area contributed by atoms with Gasteiger partial charge in [-0.25, -0.2) is 0 Å². The SMILES string of the molecule is c1ccc2c(c1)-c1ccncc1C21C2CC3CC(C2)CC1C3. The Hall–Kier alpha value is -1.63. The lowest BCUT2D eigenvalue weighted by atomic mass is 9.43. The van der Waals surface area contributed by atoms with Crippen LogP contribution in [0.3, 0.4) is 0 Å². The number of rotatable bonds is 0. The molecule has 4 bridgehead atoms. The molecule has 0 atom stereocenters. The normalized spacial score (nSPS) is 40.0. The van der Waals surface area contributed by atoms with E-state index in [4.69, 9.17) is 0 Å². The molecule has 1 heterocycles. The third kappa shape index (κ3) is 1.19. The predicted molar refractivity (Wildman–Crippen MR) is 87.5 cm³/mol. The number of hydrogen-bond acceptors (Lipinski definition) is 1. The van der Waals surface area contributed by atoms with Gasteiger partial charge in [-0.1, -0.05) is 24.3 Å². The number of hydrogen-bond donors (Lipinski definition) is 0. The lowest BCUT2D eigenvalue weighted by Gasteiger charge is -2.61. The van der Waals surface area contributed by atoms with E-state index in [1.165, 1.54) is 43.2 Å². The Morgan fingerprint density at radius 3 is 2.23 bits per heavy atom. The van der Waals surface area contributed by atoms with E-state index in [1.807, 2.05) is 6.20 Å². The summed E-state index contributed by atoms with van der Waals surface area (Å²) in [6, 6.07) is 11.5. The smallest absolute Gasteiger partial charge is 0.0315 e. The zero-order valence-corrected chi connectivity index (χ0v) is 12.8. The first-order valence-electron chi connectivity index (χ1n) is 8.91. The fourth-order valence-electron chi connectivity index (χ4n) is 6.99. The summed E-state index contributed by atoms with van der Waals surface area (Å²) in [7, 11) is 0. The van der Waals surface area contributed by atoms with Gasteiger partial charge >= 0.3 is 0 Å². The maximum atomic E-state index is 4.55. The highest BCUT2D eigenvalue weighted by molar-refractivity contribution is 5.81. The predicted octanol–water partition coefficient (Wildman–Crippen LogP) is 4.80. The number of fused-ring (bicyclic) bond motifs is 3. The first kappa shape index (κ1) is 11.9. The highest BCUT2D eigenvalue weighted by Crippen LogP contribution is 2.69. The van der Waals surface area contributed by atoms with Crippen LogP contribution >= 0.6 is 0 Å². The van der Waals surface area contributed by atoms with Gasteiger partial charge < -0.3 is 0 Å². The minimum Gasteiger partial charge on any atom is -0.264 e. The summed E-state index contributed by atoms with van der Waals surface area (Å²) >= 11 is 0. The molecular formula is C21H21N. The van der Waals surface area contributed by atoms with Crippen LogP contribution in [0.25, 0.3) is 11.1 Å². The summed E-state index contributed by atoms with van der Waals surface area (Å²) < 4.78 is 0.